The maximum Gasteiger partial charge on any atom is 0.304 e. The van der Waals surface area contributed by atoms with Crippen molar-refractivity contribution in [1.29, 1.82) is 0 Å². The van der Waals surface area contributed by atoms with E-state index in [2.05, 4.69) is 10.3 Å². The Morgan fingerprint density at radius 1 is 1.53 bits per heavy atom. The van der Waals surface area contributed by atoms with Crippen molar-refractivity contribution in [1.82, 2.24) is 10.2 Å². The number of hydrogen-bond donors (Lipinski definition) is 2. The zero-order chi connectivity index (χ0) is 12.3. The van der Waals surface area contributed by atoms with E-state index in [1.807, 2.05) is 4.90 Å². The van der Waals surface area contributed by atoms with Crippen LogP contribution < -0.4 is 5.32 Å². The van der Waals surface area contributed by atoms with Crippen LogP contribution in [0.25, 0.3) is 0 Å². The van der Waals surface area contributed by atoms with Gasteiger partial charge in [0.25, 0.3) is 0 Å². The van der Waals surface area contributed by atoms with Crippen molar-refractivity contribution in [2.75, 3.05) is 32.8 Å². The van der Waals surface area contributed by atoms with Gasteiger partial charge in [-0.15, -0.1) is 0 Å². The third-order valence-electron chi connectivity index (χ3n) is 2.80. The number of aliphatic carboxylic acids is 1. The lowest BCUT2D eigenvalue weighted by Crippen LogP contribution is -2.53. The summed E-state index contributed by atoms with van der Waals surface area (Å²) >= 11 is 0. The molecular weight excluding hydrogens is 226 g/mol. The van der Waals surface area contributed by atoms with Gasteiger partial charge in [0.2, 0.25) is 11.9 Å². The molecule has 7 heteroatoms. The highest BCUT2D eigenvalue weighted by Gasteiger charge is 2.28. The average Bonchev–Trinajstić information content (AvgIpc) is 2.32. The average molecular weight is 241 g/mol. The number of ether oxygens (including phenoxy) is 1. The van der Waals surface area contributed by atoms with Crippen molar-refractivity contribution in [2.45, 2.75) is 6.42 Å². The van der Waals surface area contributed by atoms with Crippen molar-refractivity contribution in [3.05, 3.63) is 0 Å². The summed E-state index contributed by atoms with van der Waals surface area (Å²) in [6.07, 6.45) is -0.175. The van der Waals surface area contributed by atoms with Crippen LogP contribution in [0.5, 0.6) is 0 Å². The van der Waals surface area contributed by atoms with Crippen molar-refractivity contribution < 1.29 is 19.4 Å². The first kappa shape index (κ1) is 11.8. The number of nitrogens with zero attached hydrogens (tertiary/aromatic N) is 2. The molecule has 0 aromatic rings. The van der Waals surface area contributed by atoms with Gasteiger partial charge in [-0.25, -0.2) is 0 Å². The number of guanidine groups is 1. The van der Waals surface area contributed by atoms with Gasteiger partial charge in [-0.1, -0.05) is 0 Å². The first-order valence-corrected chi connectivity index (χ1v) is 5.56. The summed E-state index contributed by atoms with van der Waals surface area (Å²) in [7, 11) is 0. The van der Waals surface area contributed by atoms with E-state index in [9.17, 15) is 9.59 Å². The van der Waals surface area contributed by atoms with Crippen molar-refractivity contribution in [3.63, 3.8) is 0 Å². The highest BCUT2D eigenvalue weighted by molar-refractivity contribution is 6.00. The molecule has 0 spiro atoms. The van der Waals surface area contributed by atoms with Gasteiger partial charge in [0.1, 0.15) is 0 Å². The second kappa shape index (κ2) is 5.13. The van der Waals surface area contributed by atoms with Gasteiger partial charge in [0, 0.05) is 13.1 Å². The zero-order valence-electron chi connectivity index (χ0n) is 9.39. The van der Waals surface area contributed by atoms with Gasteiger partial charge in [-0.05, 0) is 0 Å². The summed E-state index contributed by atoms with van der Waals surface area (Å²) in [6, 6.07) is 0. The zero-order valence-corrected chi connectivity index (χ0v) is 9.39. The van der Waals surface area contributed by atoms with Crippen LogP contribution in [0.1, 0.15) is 6.42 Å². The summed E-state index contributed by atoms with van der Waals surface area (Å²) in [6.45, 7) is 2.87. The van der Waals surface area contributed by atoms with Crippen LogP contribution in [-0.2, 0) is 14.3 Å². The Balaban J connectivity index is 1.96. The van der Waals surface area contributed by atoms with E-state index in [1.165, 1.54) is 0 Å². The topological polar surface area (TPSA) is 91.2 Å². The van der Waals surface area contributed by atoms with Crippen LogP contribution in [0, 0.1) is 5.92 Å². The number of morpholine rings is 1. The van der Waals surface area contributed by atoms with E-state index in [-0.39, 0.29) is 18.9 Å². The molecule has 2 N–H and O–H groups in total. The van der Waals surface area contributed by atoms with Crippen LogP contribution >= 0.6 is 0 Å². The van der Waals surface area contributed by atoms with Crippen LogP contribution in [0.2, 0.25) is 0 Å². The van der Waals surface area contributed by atoms with Crippen LogP contribution in [0.4, 0.5) is 0 Å². The number of amides is 1. The van der Waals surface area contributed by atoms with Crippen molar-refractivity contribution in [2.24, 2.45) is 10.9 Å². The molecule has 0 radical (unpaired) electrons. The van der Waals surface area contributed by atoms with E-state index < -0.39 is 11.9 Å². The van der Waals surface area contributed by atoms with Gasteiger partial charge in [-0.3, -0.25) is 19.9 Å². The van der Waals surface area contributed by atoms with Crippen molar-refractivity contribution >= 4 is 17.8 Å². The number of hydrogen-bond acceptors (Lipinski definition) is 5. The second-order valence-corrected chi connectivity index (χ2v) is 4.05. The molecule has 1 amide bonds. The molecule has 1 unspecified atom stereocenters. The molecule has 0 saturated carbocycles. The summed E-state index contributed by atoms with van der Waals surface area (Å²) in [5.41, 5.74) is 0. The maximum atomic E-state index is 11.7. The van der Waals surface area contributed by atoms with Crippen LogP contribution in [-0.4, -0.2) is 60.7 Å². The smallest absolute Gasteiger partial charge is 0.304 e. The molecular formula is C10H15N3O4. The summed E-state index contributed by atoms with van der Waals surface area (Å²) < 4.78 is 5.20. The Labute approximate surface area is 98.4 Å². The fourth-order valence-corrected chi connectivity index (χ4v) is 1.85. The Morgan fingerprint density at radius 3 is 2.82 bits per heavy atom. The predicted octanol–water partition coefficient (Wildman–Crippen LogP) is -1.10. The molecule has 1 atom stereocenters. The Morgan fingerprint density at radius 2 is 2.24 bits per heavy atom. The molecule has 0 aliphatic carbocycles. The second-order valence-electron chi connectivity index (χ2n) is 4.05. The molecule has 0 aromatic carbocycles. The molecule has 0 bridgehead atoms. The highest BCUT2D eigenvalue weighted by atomic mass is 16.5. The van der Waals surface area contributed by atoms with Gasteiger partial charge in [-0.2, -0.15) is 0 Å². The van der Waals surface area contributed by atoms with E-state index in [1.54, 1.807) is 0 Å². The van der Waals surface area contributed by atoms with Gasteiger partial charge < -0.3 is 14.7 Å². The summed E-state index contributed by atoms with van der Waals surface area (Å²) in [5, 5.41) is 11.3. The fraction of sp³-hybridized carbons (Fsp3) is 0.700. The molecule has 2 aliphatic heterocycles. The quantitative estimate of drug-likeness (QED) is 0.640. The Bertz CT molecular complexity index is 349. The number of carboxylic acid groups (broad SMARTS) is 1. The number of carboxylic acids is 1. The van der Waals surface area contributed by atoms with E-state index in [0.717, 1.165) is 0 Å². The SMILES string of the molecule is O=C(O)CC1CN=C(N2CCOCC2)NC1=O. The lowest BCUT2D eigenvalue weighted by Gasteiger charge is -2.32. The Hall–Kier alpha value is -1.63. The summed E-state index contributed by atoms with van der Waals surface area (Å²) in [4.78, 5) is 28.4. The third kappa shape index (κ3) is 2.94. The minimum atomic E-state index is -0.977. The lowest BCUT2D eigenvalue weighted by molar-refractivity contribution is -0.140. The van der Waals surface area contributed by atoms with E-state index in [0.29, 0.717) is 32.3 Å². The molecule has 1 fully saturated rings. The molecule has 17 heavy (non-hydrogen) atoms. The van der Waals surface area contributed by atoms with Crippen LogP contribution in [0.15, 0.2) is 4.99 Å². The molecule has 7 nitrogen and oxygen atoms in total. The number of nitrogens with one attached hydrogen (secondary N) is 1. The highest BCUT2D eigenvalue weighted by Crippen LogP contribution is 2.10. The normalized spacial score (nSPS) is 25.2. The number of aliphatic imine (C=N–C) groups is 1. The van der Waals surface area contributed by atoms with Crippen LogP contribution in [0.3, 0.4) is 0 Å². The minimum Gasteiger partial charge on any atom is -0.481 e. The molecule has 1 saturated heterocycles. The molecule has 94 valence electrons. The first-order valence-electron chi connectivity index (χ1n) is 5.56. The Kier molecular flexibility index (Phi) is 3.58. The monoisotopic (exact) mass is 241 g/mol. The lowest BCUT2D eigenvalue weighted by atomic mass is 10.0. The standard InChI is InChI=1S/C10H15N3O4/c14-8(15)5-7-6-11-10(12-9(7)16)13-1-3-17-4-2-13/h7H,1-6H2,(H,14,15)(H,11,12,16). The van der Waals surface area contributed by atoms with E-state index in [4.69, 9.17) is 9.84 Å². The van der Waals surface area contributed by atoms with Crippen molar-refractivity contribution in [3.8, 4) is 0 Å². The molecule has 2 heterocycles. The van der Waals surface area contributed by atoms with Gasteiger partial charge in [0.15, 0.2) is 0 Å². The number of carbonyl (C=O) groups is 2. The first-order chi connectivity index (χ1) is 8.16. The third-order valence-corrected chi connectivity index (χ3v) is 2.80. The molecule has 2 rings (SSSR count). The number of rotatable bonds is 2. The summed E-state index contributed by atoms with van der Waals surface area (Å²) in [5.74, 6) is -1.25. The minimum absolute atomic E-state index is 0.175. The predicted molar refractivity (Wildman–Crippen MR) is 58.6 cm³/mol. The van der Waals surface area contributed by atoms with Gasteiger partial charge in [0.05, 0.1) is 32.1 Å². The largest absolute Gasteiger partial charge is 0.481 e. The maximum absolute atomic E-state index is 11.7. The molecule has 0 aromatic heterocycles. The molecule has 2 aliphatic rings. The van der Waals surface area contributed by atoms with E-state index >= 15 is 0 Å². The number of carbonyl (C=O) groups excluding carboxylic acids is 1. The van der Waals surface area contributed by atoms with Gasteiger partial charge >= 0.3 is 5.97 Å². The fourth-order valence-electron chi connectivity index (χ4n) is 1.85.